The number of rotatable bonds is 5. The van der Waals surface area contributed by atoms with Crippen molar-refractivity contribution in [3.05, 3.63) is 55.7 Å². The molecule has 2 heterocycles. The first kappa shape index (κ1) is 17.2. The number of thiophene rings is 1. The number of hydrogen-bond acceptors (Lipinski definition) is 3. The van der Waals surface area contributed by atoms with E-state index in [-0.39, 0.29) is 0 Å². The van der Waals surface area contributed by atoms with Gasteiger partial charge in [-0.2, -0.15) is 0 Å². The summed E-state index contributed by atoms with van der Waals surface area (Å²) in [7, 11) is 2.23. The van der Waals surface area contributed by atoms with Crippen molar-refractivity contribution < 1.29 is 0 Å². The number of hydrogen-bond donors (Lipinski definition) is 0. The third kappa shape index (κ3) is 3.87. The number of benzene rings is 1. The average molecular weight is 393 g/mol. The largest absolute Gasteiger partial charge is 0.300 e. The number of nitrogens with zero attached hydrogens (tertiary/aromatic N) is 2. The summed E-state index contributed by atoms with van der Waals surface area (Å²) in [5, 5.41) is 0. The molecule has 2 nitrogen and oxygen atoms in total. The van der Waals surface area contributed by atoms with Crippen LogP contribution in [0.4, 0.5) is 0 Å². The van der Waals surface area contributed by atoms with Gasteiger partial charge in [-0.3, -0.25) is 4.90 Å². The Hall–Kier alpha value is -0.680. The summed E-state index contributed by atoms with van der Waals surface area (Å²) in [6.07, 6.45) is 0. The van der Waals surface area contributed by atoms with Crippen LogP contribution in [0.5, 0.6) is 0 Å². The fraction of sp³-hybridized carbons (Fsp3) is 0.474. The van der Waals surface area contributed by atoms with Gasteiger partial charge in [0, 0.05) is 39.8 Å². The van der Waals surface area contributed by atoms with E-state index in [1.165, 1.54) is 10.4 Å². The molecular weight excluding hydrogens is 368 g/mol. The molecule has 0 spiro atoms. The molecule has 2 aromatic rings. The van der Waals surface area contributed by atoms with Crippen LogP contribution in [0.3, 0.4) is 0 Å². The minimum Gasteiger partial charge on any atom is -0.300 e. The van der Waals surface area contributed by atoms with Crippen molar-refractivity contribution >= 4 is 27.3 Å². The zero-order valence-electron chi connectivity index (χ0n) is 14.2. The first-order valence-electron chi connectivity index (χ1n) is 8.38. The van der Waals surface area contributed by atoms with Crippen molar-refractivity contribution in [2.24, 2.45) is 0 Å². The number of likely N-dealkylation sites (N-methyl/N-ethyl adjacent to an activating group) is 1. The highest BCUT2D eigenvalue weighted by atomic mass is 79.9. The molecule has 0 bridgehead atoms. The molecule has 1 atom stereocenters. The zero-order chi connectivity index (χ0) is 16.4. The first-order valence-corrected chi connectivity index (χ1v) is 9.99. The van der Waals surface area contributed by atoms with E-state index in [0.29, 0.717) is 5.92 Å². The maximum Gasteiger partial charge on any atom is 0.0328 e. The van der Waals surface area contributed by atoms with Gasteiger partial charge in [-0.05, 0) is 49.5 Å². The van der Waals surface area contributed by atoms with Gasteiger partial charge in [0.25, 0.3) is 0 Å². The minimum absolute atomic E-state index is 0.499. The molecule has 0 aliphatic carbocycles. The van der Waals surface area contributed by atoms with Crippen molar-refractivity contribution in [1.29, 1.82) is 0 Å². The van der Waals surface area contributed by atoms with Crippen molar-refractivity contribution in [2.45, 2.75) is 32.9 Å². The van der Waals surface area contributed by atoms with Gasteiger partial charge in [-0.25, -0.2) is 0 Å². The summed E-state index contributed by atoms with van der Waals surface area (Å²) >= 11 is 5.55. The van der Waals surface area contributed by atoms with E-state index in [0.717, 1.165) is 37.2 Å². The summed E-state index contributed by atoms with van der Waals surface area (Å²) in [6, 6.07) is 11.3. The van der Waals surface area contributed by atoms with E-state index in [4.69, 9.17) is 0 Å². The van der Waals surface area contributed by atoms with E-state index < -0.39 is 0 Å². The van der Waals surface area contributed by atoms with Gasteiger partial charge in [0.05, 0.1) is 0 Å². The molecule has 0 fully saturated rings. The summed E-state index contributed by atoms with van der Waals surface area (Å²) in [5.41, 5.74) is 2.98. The Balaban J connectivity index is 1.90. The predicted octanol–water partition coefficient (Wildman–Crippen LogP) is 4.93. The molecule has 23 heavy (non-hydrogen) atoms. The van der Waals surface area contributed by atoms with E-state index in [9.17, 15) is 0 Å². The summed E-state index contributed by atoms with van der Waals surface area (Å²) in [6.45, 7) is 10.0. The Bertz CT molecular complexity index is 646. The Labute approximate surface area is 152 Å². The molecule has 1 aromatic carbocycles. The molecule has 1 aliphatic heterocycles. The third-order valence-electron chi connectivity index (χ3n) is 4.72. The van der Waals surface area contributed by atoms with Crippen LogP contribution >= 0.6 is 27.3 Å². The number of halogens is 1. The Morgan fingerprint density at radius 1 is 1.22 bits per heavy atom. The van der Waals surface area contributed by atoms with Crippen LogP contribution in [0, 0.1) is 0 Å². The fourth-order valence-electron chi connectivity index (χ4n) is 3.36. The maximum atomic E-state index is 3.55. The summed E-state index contributed by atoms with van der Waals surface area (Å²) in [4.78, 5) is 8.01. The molecule has 0 amide bonds. The Kier molecular flexibility index (Phi) is 5.57. The molecule has 1 unspecified atom stereocenters. The fourth-order valence-corrected chi connectivity index (χ4v) is 4.98. The van der Waals surface area contributed by atoms with Crippen LogP contribution in [0.2, 0.25) is 0 Å². The highest BCUT2D eigenvalue weighted by molar-refractivity contribution is 9.10. The standard InChI is InChI=1S/C19H25BrN2S/c1-4-22(5-2)11-16-10-17-18(12-21(3)13-19(17)23-16)14-6-8-15(20)9-7-14/h6-10,18H,4-5,11-13H2,1-3H3. The molecule has 0 N–H and O–H groups in total. The lowest BCUT2D eigenvalue weighted by atomic mass is 9.88. The molecule has 0 radical (unpaired) electrons. The monoisotopic (exact) mass is 392 g/mol. The highest BCUT2D eigenvalue weighted by Crippen LogP contribution is 2.38. The molecule has 1 aromatic heterocycles. The second-order valence-electron chi connectivity index (χ2n) is 6.35. The smallest absolute Gasteiger partial charge is 0.0328 e. The van der Waals surface area contributed by atoms with Gasteiger partial charge in [0.15, 0.2) is 0 Å². The van der Waals surface area contributed by atoms with E-state index >= 15 is 0 Å². The normalized spacial score (nSPS) is 18.4. The van der Waals surface area contributed by atoms with Crippen molar-refractivity contribution in [1.82, 2.24) is 9.80 Å². The van der Waals surface area contributed by atoms with Gasteiger partial charge in [-0.1, -0.05) is 41.9 Å². The van der Waals surface area contributed by atoms with E-state index in [1.807, 2.05) is 11.3 Å². The van der Waals surface area contributed by atoms with Crippen LogP contribution in [0.1, 0.15) is 40.6 Å². The molecule has 0 saturated heterocycles. The van der Waals surface area contributed by atoms with Crippen molar-refractivity contribution in [2.75, 3.05) is 26.7 Å². The van der Waals surface area contributed by atoms with Crippen LogP contribution in [0.25, 0.3) is 0 Å². The average Bonchev–Trinajstić information content (AvgIpc) is 2.94. The minimum atomic E-state index is 0.499. The van der Waals surface area contributed by atoms with Gasteiger partial charge < -0.3 is 4.90 Å². The second kappa shape index (κ2) is 7.47. The van der Waals surface area contributed by atoms with E-state index in [2.05, 4.69) is 77.0 Å². The highest BCUT2D eigenvalue weighted by Gasteiger charge is 2.27. The molecule has 0 saturated carbocycles. The zero-order valence-corrected chi connectivity index (χ0v) is 16.6. The quantitative estimate of drug-likeness (QED) is 0.711. The molecule has 124 valence electrons. The van der Waals surface area contributed by atoms with Crippen LogP contribution in [-0.2, 0) is 13.1 Å². The lowest BCUT2D eigenvalue weighted by molar-refractivity contribution is 0.297. The molecule has 3 rings (SSSR count). The van der Waals surface area contributed by atoms with E-state index in [1.54, 1.807) is 10.4 Å². The Morgan fingerprint density at radius 2 is 1.91 bits per heavy atom. The first-order chi connectivity index (χ1) is 11.1. The lowest BCUT2D eigenvalue weighted by Gasteiger charge is -2.30. The second-order valence-corrected chi connectivity index (χ2v) is 8.49. The summed E-state index contributed by atoms with van der Waals surface area (Å²) < 4.78 is 1.15. The number of fused-ring (bicyclic) bond motifs is 1. The van der Waals surface area contributed by atoms with Gasteiger partial charge in [0.1, 0.15) is 0 Å². The van der Waals surface area contributed by atoms with Gasteiger partial charge >= 0.3 is 0 Å². The molecule has 1 aliphatic rings. The Morgan fingerprint density at radius 3 is 2.57 bits per heavy atom. The topological polar surface area (TPSA) is 6.48 Å². The van der Waals surface area contributed by atoms with Crippen molar-refractivity contribution in [3.63, 3.8) is 0 Å². The van der Waals surface area contributed by atoms with Gasteiger partial charge in [-0.15, -0.1) is 11.3 Å². The SMILES string of the molecule is CCN(CC)Cc1cc2c(s1)CN(C)CC2c1ccc(Br)cc1. The van der Waals surface area contributed by atoms with Crippen molar-refractivity contribution in [3.8, 4) is 0 Å². The lowest BCUT2D eigenvalue weighted by Crippen LogP contribution is -2.29. The third-order valence-corrected chi connectivity index (χ3v) is 6.37. The molecule has 4 heteroatoms. The van der Waals surface area contributed by atoms with Crippen LogP contribution in [0.15, 0.2) is 34.8 Å². The van der Waals surface area contributed by atoms with Crippen LogP contribution < -0.4 is 0 Å². The maximum absolute atomic E-state index is 3.55. The predicted molar refractivity (Wildman–Crippen MR) is 103 cm³/mol. The molecular formula is C19H25BrN2S. The van der Waals surface area contributed by atoms with Crippen LogP contribution in [-0.4, -0.2) is 36.5 Å². The summed E-state index contributed by atoms with van der Waals surface area (Å²) in [5.74, 6) is 0.499. The van der Waals surface area contributed by atoms with Gasteiger partial charge in [0.2, 0.25) is 0 Å².